The molecule has 0 saturated carbocycles. The number of aryl methyl sites for hydroxylation is 2. The van der Waals surface area contributed by atoms with Gasteiger partial charge in [0.1, 0.15) is 5.75 Å². The van der Waals surface area contributed by atoms with Crippen LogP contribution in [0.4, 0.5) is 11.4 Å². The fraction of sp³-hybridized carbons (Fsp3) is 0.235. The molecule has 0 atom stereocenters. The van der Waals surface area contributed by atoms with Crippen LogP contribution in [-0.4, -0.2) is 12.5 Å². The van der Waals surface area contributed by atoms with Gasteiger partial charge in [-0.05, 0) is 62.2 Å². The fourth-order valence-electron chi connectivity index (χ4n) is 2.14. The third-order valence-electron chi connectivity index (χ3n) is 3.18. The summed E-state index contributed by atoms with van der Waals surface area (Å²) in [5.41, 5.74) is 9.56. The molecule has 0 fully saturated rings. The van der Waals surface area contributed by atoms with Gasteiger partial charge >= 0.3 is 0 Å². The first-order chi connectivity index (χ1) is 10.0. The number of hydrogen-bond donors (Lipinski definition) is 2. The minimum absolute atomic E-state index is 0.169. The highest BCUT2D eigenvalue weighted by Crippen LogP contribution is 2.26. The van der Waals surface area contributed by atoms with Crippen molar-refractivity contribution in [2.24, 2.45) is 0 Å². The van der Waals surface area contributed by atoms with E-state index in [1.165, 1.54) is 0 Å². The summed E-state index contributed by atoms with van der Waals surface area (Å²) in [5.74, 6) is 0.510. The van der Waals surface area contributed by atoms with Crippen molar-refractivity contribution in [1.29, 1.82) is 0 Å². The molecule has 0 aliphatic carbocycles. The number of amides is 1. The summed E-state index contributed by atoms with van der Waals surface area (Å²) in [7, 11) is 0. The molecule has 4 nitrogen and oxygen atoms in total. The van der Waals surface area contributed by atoms with Crippen molar-refractivity contribution in [2.45, 2.75) is 20.8 Å². The molecule has 4 heteroatoms. The van der Waals surface area contributed by atoms with Gasteiger partial charge in [-0.2, -0.15) is 0 Å². The summed E-state index contributed by atoms with van der Waals surface area (Å²) in [6.45, 7) is 6.31. The first-order valence-electron chi connectivity index (χ1n) is 6.92. The van der Waals surface area contributed by atoms with Crippen LogP contribution in [-0.2, 0) is 0 Å². The molecule has 3 N–H and O–H groups in total. The molecule has 0 aliphatic heterocycles. The number of ether oxygens (including phenoxy) is 1. The summed E-state index contributed by atoms with van der Waals surface area (Å²) in [6, 6.07) is 10.9. The van der Waals surface area contributed by atoms with Gasteiger partial charge in [0.05, 0.1) is 12.3 Å². The molecule has 110 valence electrons. The van der Waals surface area contributed by atoms with Gasteiger partial charge < -0.3 is 15.8 Å². The quantitative estimate of drug-likeness (QED) is 0.844. The van der Waals surface area contributed by atoms with Crippen molar-refractivity contribution in [3.63, 3.8) is 0 Å². The Hall–Kier alpha value is -2.49. The Morgan fingerprint density at radius 1 is 1.19 bits per heavy atom. The van der Waals surface area contributed by atoms with Crippen LogP contribution in [0.3, 0.4) is 0 Å². The molecule has 21 heavy (non-hydrogen) atoms. The third kappa shape index (κ3) is 3.54. The molecule has 0 heterocycles. The van der Waals surface area contributed by atoms with E-state index in [0.717, 1.165) is 11.1 Å². The zero-order chi connectivity index (χ0) is 15.4. The van der Waals surface area contributed by atoms with Gasteiger partial charge in [-0.25, -0.2) is 0 Å². The highest BCUT2D eigenvalue weighted by molar-refractivity contribution is 6.06. The molecule has 0 spiro atoms. The predicted molar refractivity (Wildman–Crippen MR) is 85.9 cm³/mol. The zero-order valence-corrected chi connectivity index (χ0v) is 12.6. The number of carbonyl (C=O) groups is 1. The lowest BCUT2D eigenvalue weighted by atomic mass is 10.1. The van der Waals surface area contributed by atoms with E-state index in [4.69, 9.17) is 10.5 Å². The van der Waals surface area contributed by atoms with Crippen molar-refractivity contribution in [1.82, 2.24) is 0 Å². The molecular weight excluding hydrogens is 264 g/mol. The Morgan fingerprint density at radius 3 is 2.62 bits per heavy atom. The van der Waals surface area contributed by atoms with Gasteiger partial charge in [0.15, 0.2) is 0 Å². The zero-order valence-electron chi connectivity index (χ0n) is 12.6. The van der Waals surface area contributed by atoms with E-state index in [9.17, 15) is 4.79 Å². The smallest absolute Gasteiger partial charge is 0.256 e. The maximum absolute atomic E-state index is 12.4. The van der Waals surface area contributed by atoms with Crippen LogP contribution >= 0.6 is 0 Å². The second kappa shape index (κ2) is 6.31. The predicted octanol–water partition coefficient (Wildman–Crippen LogP) is 3.54. The first kappa shape index (κ1) is 14.9. The maximum atomic E-state index is 12.4. The molecule has 0 bridgehead atoms. The minimum Gasteiger partial charge on any atom is -0.492 e. The molecule has 0 aliphatic rings. The Labute approximate surface area is 124 Å². The van der Waals surface area contributed by atoms with Crippen molar-refractivity contribution < 1.29 is 9.53 Å². The van der Waals surface area contributed by atoms with E-state index in [-0.39, 0.29) is 5.91 Å². The number of carbonyl (C=O) groups excluding carboxylic acids is 1. The lowest BCUT2D eigenvalue weighted by Gasteiger charge is -2.13. The average Bonchev–Trinajstić information content (AvgIpc) is 2.42. The van der Waals surface area contributed by atoms with E-state index in [1.807, 2.05) is 39.0 Å². The molecule has 0 aromatic heterocycles. The number of anilines is 2. The van der Waals surface area contributed by atoms with E-state index < -0.39 is 0 Å². The summed E-state index contributed by atoms with van der Waals surface area (Å²) in [6.07, 6.45) is 0. The number of benzene rings is 2. The Kier molecular flexibility index (Phi) is 4.48. The highest BCUT2D eigenvalue weighted by Gasteiger charge is 2.12. The first-order valence-corrected chi connectivity index (χ1v) is 6.92. The molecular formula is C17H20N2O2. The molecule has 2 aromatic rings. The molecule has 2 rings (SSSR count). The Balaban J connectivity index is 2.27. The third-order valence-corrected chi connectivity index (χ3v) is 3.18. The second-order valence-electron chi connectivity index (χ2n) is 4.96. The van der Waals surface area contributed by atoms with Gasteiger partial charge in [-0.1, -0.05) is 6.07 Å². The lowest BCUT2D eigenvalue weighted by molar-refractivity contribution is 0.102. The van der Waals surface area contributed by atoms with E-state index in [0.29, 0.717) is 29.3 Å². The number of rotatable bonds is 4. The summed E-state index contributed by atoms with van der Waals surface area (Å²) in [5, 5.41) is 2.89. The van der Waals surface area contributed by atoms with Crippen molar-refractivity contribution >= 4 is 17.3 Å². The van der Waals surface area contributed by atoms with Crippen LogP contribution in [0.1, 0.15) is 28.4 Å². The SMILES string of the molecule is CCOc1cc(C)ccc1NC(=O)c1ccc(N)cc1C. The molecule has 0 saturated heterocycles. The van der Waals surface area contributed by atoms with Crippen LogP contribution < -0.4 is 15.8 Å². The normalized spacial score (nSPS) is 10.2. The van der Waals surface area contributed by atoms with Gasteiger partial charge in [0.25, 0.3) is 5.91 Å². The second-order valence-corrected chi connectivity index (χ2v) is 4.96. The molecule has 2 aromatic carbocycles. The number of nitrogens with two attached hydrogens (primary N) is 1. The Morgan fingerprint density at radius 2 is 1.95 bits per heavy atom. The van der Waals surface area contributed by atoms with Crippen LogP contribution in [0.15, 0.2) is 36.4 Å². The van der Waals surface area contributed by atoms with Crippen molar-refractivity contribution in [3.05, 3.63) is 53.1 Å². The van der Waals surface area contributed by atoms with Crippen molar-refractivity contribution in [2.75, 3.05) is 17.7 Å². The topological polar surface area (TPSA) is 64.3 Å². The monoisotopic (exact) mass is 284 g/mol. The van der Waals surface area contributed by atoms with E-state index in [1.54, 1.807) is 18.2 Å². The van der Waals surface area contributed by atoms with E-state index >= 15 is 0 Å². The summed E-state index contributed by atoms with van der Waals surface area (Å²) < 4.78 is 5.57. The lowest BCUT2D eigenvalue weighted by Crippen LogP contribution is -2.14. The summed E-state index contributed by atoms with van der Waals surface area (Å²) in [4.78, 5) is 12.4. The average molecular weight is 284 g/mol. The van der Waals surface area contributed by atoms with Gasteiger partial charge in [-0.15, -0.1) is 0 Å². The highest BCUT2D eigenvalue weighted by atomic mass is 16.5. The molecule has 1 amide bonds. The van der Waals surface area contributed by atoms with Crippen molar-refractivity contribution in [3.8, 4) is 5.75 Å². The van der Waals surface area contributed by atoms with Crippen LogP contribution in [0.25, 0.3) is 0 Å². The Bertz CT molecular complexity index is 666. The van der Waals surface area contributed by atoms with Gasteiger partial charge in [-0.3, -0.25) is 4.79 Å². The van der Waals surface area contributed by atoms with Crippen LogP contribution in [0.5, 0.6) is 5.75 Å². The van der Waals surface area contributed by atoms with Crippen LogP contribution in [0, 0.1) is 13.8 Å². The summed E-state index contributed by atoms with van der Waals surface area (Å²) >= 11 is 0. The maximum Gasteiger partial charge on any atom is 0.256 e. The standard InChI is InChI=1S/C17H20N2O2/c1-4-21-16-9-11(2)5-8-15(16)19-17(20)14-7-6-13(18)10-12(14)3/h5-10H,4,18H2,1-3H3,(H,19,20). The number of hydrogen-bond acceptors (Lipinski definition) is 3. The number of nitrogens with one attached hydrogen (secondary N) is 1. The minimum atomic E-state index is -0.169. The van der Waals surface area contributed by atoms with Gasteiger partial charge in [0, 0.05) is 11.3 Å². The fourth-order valence-corrected chi connectivity index (χ4v) is 2.14. The number of nitrogen functional groups attached to an aromatic ring is 1. The molecule has 0 radical (unpaired) electrons. The van der Waals surface area contributed by atoms with E-state index in [2.05, 4.69) is 5.32 Å². The van der Waals surface area contributed by atoms with Gasteiger partial charge in [0.2, 0.25) is 0 Å². The largest absolute Gasteiger partial charge is 0.492 e. The van der Waals surface area contributed by atoms with Crippen LogP contribution in [0.2, 0.25) is 0 Å². The molecule has 0 unspecified atom stereocenters.